The minimum Gasteiger partial charge on any atom is -0.295 e. The van der Waals surface area contributed by atoms with Gasteiger partial charge in [0.15, 0.2) is 0 Å². The molecule has 0 bridgehead atoms. The van der Waals surface area contributed by atoms with Crippen LogP contribution in [0.1, 0.15) is 62.9 Å². The van der Waals surface area contributed by atoms with Crippen molar-refractivity contribution in [3.63, 3.8) is 0 Å². The predicted octanol–water partition coefficient (Wildman–Crippen LogP) is 4.05. The van der Waals surface area contributed by atoms with Crippen LogP contribution in [0.3, 0.4) is 0 Å². The molecule has 2 aliphatic heterocycles. The smallest absolute Gasteiger partial charge is 0.0513 e. The van der Waals surface area contributed by atoms with Crippen LogP contribution < -0.4 is 0 Å². The lowest BCUT2D eigenvalue weighted by molar-refractivity contribution is -0.129. The molecule has 0 radical (unpaired) electrons. The summed E-state index contributed by atoms with van der Waals surface area (Å²) in [7, 11) is 2.29. The fourth-order valence-electron chi connectivity index (χ4n) is 4.33. The Labute approximate surface area is 130 Å². The van der Waals surface area contributed by atoms with Gasteiger partial charge in [-0.3, -0.25) is 9.80 Å². The van der Waals surface area contributed by atoms with Crippen molar-refractivity contribution in [1.82, 2.24) is 9.80 Å². The lowest BCUT2D eigenvalue weighted by Gasteiger charge is -2.62. The van der Waals surface area contributed by atoms with Gasteiger partial charge in [0, 0.05) is 23.7 Å². The Morgan fingerprint density at radius 2 is 1.57 bits per heavy atom. The highest BCUT2D eigenvalue weighted by molar-refractivity contribution is 5.43. The maximum atomic E-state index is 2.74. The van der Waals surface area contributed by atoms with Gasteiger partial charge in [-0.05, 0) is 77.8 Å². The van der Waals surface area contributed by atoms with Crippen LogP contribution in [0, 0.1) is 13.8 Å². The second kappa shape index (κ2) is 4.33. The van der Waals surface area contributed by atoms with E-state index in [-0.39, 0.29) is 11.1 Å². The largest absolute Gasteiger partial charge is 0.295 e. The van der Waals surface area contributed by atoms with Crippen LogP contribution in [0.15, 0.2) is 12.1 Å². The first kappa shape index (κ1) is 15.1. The van der Waals surface area contributed by atoms with Crippen molar-refractivity contribution >= 4 is 0 Å². The summed E-state index contributed by atoms with van der Waals surface area (Å²) in [5.41, 5.74) is 6.25. The molecule has 1 fully saturated rings. The van der Waals surface area contributed by atoms with Crippen molar-refractivity contribution in [2.45, 2.75) is 78.2 Å². The number of rotatable bonds is 0. The van der Waals surface area contributed by atoms with Crippen molar-refractivity contribution < 1.29 is 0 Å². The SMILES string of the molecule is Cc1cc2c(cc1C)C1C(C)N(C)C(C)(C)C(C)(C)N1C2. The molecule has 2 atom stereocenters. The average Bonchev–Trinajstić information content (AvgIpc) is 2.75. The van der Waals surface area contributed by atoms with Crippen LogP contribution in [-0.2, 0) is 6.54 Å². The Hall–Kier alpha value is -0.860. The van der Waals surface area contributed by atoms with E-state index in [2.05, 4.69) is 77.4 Å². The molecule has 0 amide bonds. The molecule has 0 spiro atoms. The van der Waals surface area contributed by atoms with E-state index >= 15 is 0 Å². The van der Waals surface area contributed by atoms with Crippen LogP contribution in [0.4, 0.5) is 0 Å². The molecule has 0 saturated carbocycles. The third kappa shape index (κ3) is 1.78. The summed E-state index contributed by atoms with van der Waals surface area (Å²) in [5, 5.41) is 0. The quantitative estimate of drug-likeness (QED) is 0.710. The minimum atomic E-state index is 0.153. The zero-order valence-corrected chi connectivity index (χ0v) is 14.9. The molecule has 1 saturated heterocycles. The van der Waals surface area contributed by atoms with E-state index in [1.54, 1.807) is 5.56 Å². The maximum absolute atomic E-state index is 2.74. The second-order valence-electron chi connectivity index (χ2n) is 8.18. The third-order valence-electron chi connectivity index (χ3n) is 6.92. The second-order valence-corrected chi connectivity index (χ2v) is 8.18. The molecule has 1 aromatic rings. The molecule has 0 N–H and O–H groups in total. The van der Waals surface area contributed by atoms with E-state index < -0.39 is 0 Å². The highest BCUT2D eigenvalue weighted by atomic mass is 15.4. The summed E-state index contributed by atoms with van der Waals surface area (Å²) in [6.07, 6.45) is 0. The summed E-state index contributed by atoms with van der Waals surface area (Å²) in [6.45, 7) is 17.6. The van der Waals surface area contributed by atoms with Crippen LogP contribution >= 0.6 is 0 Å². The van der Waals surface area contributed by atoms with Crippen LogP contribution in [-0.4, -0.2) is 34.0 Å². The van der Waals surface area contributed by atoms with E-state index in [0.29, 0.717) is 12.1 Å². The Morgan fingerprint density at radius 1 is 1.00 bits per heavy atom. The summed E-state index contributed by atoms with van der Waals surface area (Å²) < 4.78 is 0. The number of fused-ring (bicyclic) bond motifs is 3. The fourth-order valence-corrected chi connectivity index (χ4v) is 4.33. The van der Waals surface area contributed by atoms with Crippen LogP contribution in [0.2, 0.25) is 0 Å². The molecule has 2 aliphatic rings. The lowest BCUT2D eigenvalue weighted by atomic mass is 9.74. The molecule has 0 aliphatic carbocycles. The Bertz CT molecular complexity index is 585. The molecule has 3 rings (SSSR count). The van der Waals surface area contributed by atoms with Crippen LogP contribution in [0.25, 0.3) is 0 Å². The van der Waals surface area contributed by atoms with E-state index in [1.165, 1.54) is 16.7 Å². The number of hydrogen-bond acceptors (Lipinski definition) is 2. The van der Waals surface area contributed by atoms with Gasteiger partial charge in [-0.25, -0.2) is 0 Å². The van der Waals surface area contributed by atoms with Gasteiger partial charge in [0.25, 0.3) is 0 Å². The molecular formula is C19H30N2. The monoisotopic (exact) mass is 286 g/mol. The average molecular weight is 286 g/mol. The molecule has 0 aromatic heterocycles. The first-order chi connectivity index (χ1) is 9.59. The molecule has 21 heavy (non-hydrogen) atoms. The summed E-state index contributed by atoms with van der Waals surface area (Å²) in [5.74, 6) is 0. The molecule has 116 valence electrons. The van der Waals surface area contributed by atoms with Crippen molar-refractivity contribution in [3.8, 4) is 0 Å². The predicted molar refractivity (Wildman–Crippen MR) is 89.6 cm³/mol. The summed E-state index contributed by atoms with van der Waals surface area (Å²) in [4.78, 5) is 5.32. The molecule has 1 aromatic carbocycles. The van der Waals surface area contributed by atoms with Crippen LogP contribution in [0.5, 0.6) is 0 Å². The Morgan fingerprint density at radius 3 is 2.19 bits per heavy atom. The Balaban J connectivity index is 2.15. The summed E-state index contributed by atoms with van der Waals surface area (Å²) in [6, 6.07) is 5.91. The molecular weight excluding hydrogens is 256 g/mol. The van der Waals surface area contributed by atoms with Gasteiger partial charge in [-0.2, -0.15) is 0 Å². The highest BCUT2D eigenvalue weighted by Crippen LogP contribution is 2.51. The lowest BCUT2D eigenvalue weighted by Crippen LogP contribution is -2.71. The minimum absolute atomic E-state index is 0.153. The van der Waals surface area contributed by atoms with Gasteiger partial charge < -0.3 is 0 Å². The molecule has 2 heterocycles. The molecule has 2 nitrogen and oxygen atoms in total. The van der Waals surface area contributed by atoms with Crippen molar-refractivity contribution in [2.75, 3.05) is 7.05 Å². The summed E-state index contributed by atoms with van der Waals surface area (Å²) >= 11 is 0. The number of likely N-dealkylation sites (N-methyl/N-ethyl adjacent to an activating group) is 1. The number of nitrogens with zero attached hydrogens (tertiary/aromatic N) is 2. The van der Waals surface area contributed by atoms with Gasteiger partial charge in [-0.1, -0.05) is 12.1 Å². The zero-order chi connectivity index (χ0) is 15.7. The normalized spacial score (nSPS) is 31.0. The van der Waals surface area contributed by atoms with Crippen molar-refractivity contribution in [2.24, 2.45) is 0 Å². The molecule has 2 heteroatoms. The van der Waals surface area contributed by atoms with E-state index in [9.17, 15) is 0 Å². The van der Waals surface area contributed by atoms with Gasteiger partial charge in [0.2, 0.25) is 0 Å². The van der Waals surface area contributed by atoms with Gasteiger partial charge in [0.1, 0.15) is 0 Å². The molecule has 2 unspecified atom stereocenters. The van der Waals surface area contributed by atoms with Gasteiger partial charge in [-0.15, -0.1) is 0 Å². The first-order valence-electron chi connectivity index (χ1n) is 8.18. The van der Waals surface area contributed by atoms with E-state index in [1.807, 2.05) is 0 Å². The first-order valence-corrected chi connectivity index (χ1v) is 8.18. The number of aryl methyl sites for hydroxylation is 2. The topological polar surface area (TPSA) is 6.48 Å². The van der Waals surface area contributed by atoms with E-state index in [4.69, 9.17) is 0 Å². The standard InChI is InChI=1S/C19H30N2/c1-12-9-15-11-21-17(16(15)10-13(12)2)14(3)20(8)18(4,5)19(21,6)7/h9-10,14,17H,11H2,1-8H3. The number of piperazine rings is 1. The zero-order valence-electron chi connectivity index (χ0n) is 14.9. The van der Waals surface area contributed by atoms with Gasteiger partial charge in [0.05, 0.1) is 6.04 Å². The third-order valence-corrected chi connectivity index (χ3v) is 6.92. The van der Waals surface area contributed by atoms with Crippen molar-refractivity contribution in [1.29, 1.82) is 0 Å². The number of benzene rings is 1. The number of hydrogen-bond donors (Lipinski definition) is 0. The Kier molecular flexibility index (Phi) is 3.10. The van der Waals surface area contributed by atoms with Gasteiger partial charge >= 0.3 is 0 Å². The fraction of sp³-hybridized carbons (Fsp3) is 0.684. The van der Waals surface area contributed by atoms with Crippen molar-refractivity contribution in [3.05, 3.63) is 34.4 Å². The maximum Gasteiger partial charge on any atom is 0.0513 e. The highest BCUT2D eigenvalue weighted by Gasteiger charge is 2.56. The van der Waals surface area contributed by atoms with E-state index in [0.717, 1.165) is 6.54 Å².